The molecule has 3 rings (SSSR count). The van der Waals surface area contributed by atoms with Gasteiger partial charge in [-0.2, -0.15) is 0 Å². The van der Waals surface area contributed by atoms with E-state index in [2.05, 4.69) is 40.2 Å². The fourth-order valence-electron chi connectivity index (χ4n) is 3.33. The molecule has 1 unspecified atom stereocenters. The monoisotopic (exact) mass is 404 g/mol. The summed E-state index contributed by atoms with van der Waals surface area (Å²) >= 11 is 0. The Hall–Kier alpha value is -3.34. The lowest BCUT2D eigenvalue weighted by atomic mass is 10.1. The molecule has 5 nitrogen and oxygen atoms in total. The van der Waals surface area contributed by atoms with Crippen LogP contribution >= 0.6 is 0 Å². The standard InChI is InChI=1S/C25H28N2O3/c1-25(2,3)30-24(29)26-21(18-28)16-20-17-27(23-14-8-7-13-22(20)23)15-9-12-19-10-5-4-6-11-19/h4-14,17-18,21H,15-16H2,1-3H3,(H,26,29)/b12-9+. The van der Waals surface area contributed by atoms with Crippen molar-refractivity contribution in [3.63, 3.8) is 0 Å². The summed E-state index contributed by atoms with van der Waals surface area (Å²) in [6.07, 6.45) is 6.82. The van der Waals surface area contributed by atoms with Crippen LogP contribution in [0, 0.1) is 0 Å². The fourth-order valence-corrected chi connectivity index (χ4v) is 3.33. The maximum Gasteiger partial charge on any atom is 0.408 e. The summed E-state index contributed by atoms with van der Waals surface area (Å²) in [4.78, 5) is 23.7. The van der Waals surface area contributed by atoms with Gasteiger partial charge in [-0.1, -0.05) is 60.7 Å². The zero-order chi connectivity index (χ0) is 21.6. The van der Waals surface area contributed by atoms with E-state index in [4.69, 9.17) is 4.74 Å². The van der Waals surface area contributed by atoms with Crippen LogP contribution in [0.4, 0.5) is 4.79 Å². The maximum absolute atomic E-state index is 12.1. The average Bonchev–Trinajstić information content (AvgIpc) is 3.04. The summed E-state index contributed by atoms with van der Waals surface area (Å²) in [6.45, 7) is 6.08. The SMILES string of the molecule is CC(C)(C)OC(=O)NC(C=O)Cc1cn(C/C=C/c2ccccc2)c2ccccc12. The topological polar surface area (TPSA) is 60.3 Å². The predicted molar refractivity (Wildman–Crippen MR) is 120 cm³/mol. The van der Waals surface area contributed by atoms with Crippen LogP contribution < -0.4 is 5.32 Å². The molecule has 2 aromatic carbocycles. The minimum absolute atomic E-state index is 0.401. The molecule has 30 heavy (non-hydrogen) atoms. The quantitative estimate of drug-likeness (QED) is 0.565. The van der Waals surface area contributed by atoms with Crippen molar-refractivity contribution >= 4 is 29.4 Å². The fraction of sp³-hybridized carbons (Fsp3) is 0.280. The summed E-state index contributed by atoms with van der Waals surface area (Å²) < 4.78 is 7.42. The lowest BCUT2D eigenvalue weighted by molar-refractivity contribution is -0.109. The molecule has 3 aromatic rings. The highest BCUT2D eigenvalue weighted by Crippen LogP contribution is 2.23. The third kappa shape index (κ3) is 5.83. The van der Waals surface area contributed by atoms with Gasteiger partial charge < -0.3 is 19.4 Å². The van der Waals surface area contributed by atoms with Crippen molar-refractivity contribution in [3.8, 4) is 0 Å². The first kappa shape index (κ1) is 21.4. The van der Waals surface area contributed by atoms with Crippen LogP contribution in [0.5, 0.6) is 0 Å². The third-order valence-electron chi connectivity index (χ3n) is 4.59. The number of allylic oxidation sites excluding steroid dienone is 1. The Morgan fingerprint density at radius 3 is 2.50 bits per heavy atom. The minimum Gasteiger partial charge on any atom is -0.444 e. The van der Waals surface area contributed by atoms with E-state index in [-0.39, 0.29) is 0 Å². The largest absolute Gasteiger partial charge is 0.444 e. The van der Waals surface area contributed by atoms with Gasteiger partial charge in [0.1, 0.15) is 11.9 Å². The number of rotatable bonds is 7. The molecular weight excluding hydrogens is 376 g/mol. The molecule has 0 saturated carbocycles. The Kier molecular flexibility index (Phi) is 6.72. The van der Waals surface area contributed by atoms with Gasteiger partial charge in [-0.05, 0) is 38.0 Å². The number of hydrogen-bond donors (Lipinski definition) is 1. The van der Waals surface area contributed by atoms with Crippen molar-refractivity contribution in [1.29, 1.82) is 0 Å². The number of carbonyl (C=O) groups excluding carboxylic acids is 2. The van der Waals surface area contributed by atoms with Gasteiger partial charge in [-0.15, -0.1) is 0 Å². The van der Waals surface area contributed by atoms with E-state index in [0.717, 1.165) is 28.3 Å². The third-order valence-corrected chi connectivity index (χ3v) is 4.59. The molecule has 0 aliphatic carbocycles. The molecule has 1 N–H and O–H groups in total. The van der Waals surface area contributed by atoms with E-state index < -0.39 is 17.7 Å². The molecule has 0 aliphatic heterocycles. The van der Waals surface area contributed by atoms with E-state index in [1.807, 2.05) is 42.6 Å². The van der Waals surface area contributed by atoms with E-state index in [1.54, 1.807) is 20.8 Å². The van der Waals surface area contributed by atoms with E-state index in [1.165, 1.54) is 0 Å². The van der Waals surface area contributed by atoms with Gasteiger partial charge in [0, 0.05) is 30.1 Å². The molecule has 5 heteroatoms. The molecular formula is C25H28N2O3. The number of alkyl carbamates (subject to hydrolysis) is 1. The Bertz CT molecular complexity index is 1030. The van der Waals surface area contributed by atoms with Crippen LogP contribution in [-0.2, 0) is 22.5 Å². The Morgan fingerprint density at radius 2 is 1.80 bits per heavy atom. The second-order valence-corrected chi connectivity index (χ2v) is 8.23. The first-order valence-electron chi connectivity index (χ1n) is 10.1. The number of fused-ring (bicyclic) bond motifs is 1. The van der Waals surface area contributed by atoms with E-state index >= 15 is 0 Å². The average molecular weight is 405 g/mol. The van der Waals surface area contributed by atoms with Gasteiger partial charge in [0.25, 0.3) is 0 Å². The number of aldehydes is 1. The smallest absolute Gasteiger partial charge is 0.408 e. The predicted octanol–water partition coefficient (Wildman–Crippen LogP) is 4.99. The van der Waals surface area contributed by atoms with Gasteiger partial charge >= 0.3 is 6.09 Å². The molecule has 156 valence electrons. The van der Waals surface area contributed by atoms with Crippen LogP contribution in [0.25, 0.3) is 17.0 Å². The summed E-state index contributed by atoms with van der Waals surface area (Å²) in [5.41, 5.74) is 2.63. The second kappa shape index (κ2) is 9.44. The molecule has 0 spiro atoms. The highest BCUT2D eigenvalue weighted by molar-refractivity contribution is 5.85. The zero-order valence-corrected chi connectivity index (χ0v) is 17.7. The first-order valence-corrected chi connectivity index (χ1v) is 10.1. The van der Waals surface area contributed by atoms with Crippen molar-refractivity contribution in [2.24, 2.45) is 0 Å². The number of carbonyl (C=O) groups is 2. The number of nitrogens with zero attached hydrogens (tertiary/aromatic N) is 1. The van der Waals surface area contributed by atoms with Crippen LogP contribution in [0.1, 0.15) is 31.9 Å². The van der Waals surface area contributed by atoms with Crippen LogP contribution in [-0.4, -0.2) is 28.6 Å². The normalized spacial score (nSPS) is 12.8. The number of ether oxygens (including phenoxy) is 1. The first-order chi connectivity index (χ1) is 14.4. The Morgan fingerprint density at radius 1 is 1.10 bits per heavy atom. The van der Waals surface area contributed by atoms with Crippen LogP contribution in [0.2, 0.25) is 0 Å². The second-order valence-electron chi connectivity index (χ2n) is 8.23. The summed E-state index contributed by atoms with van der Waals surface area (Å²) in [7, 11) is 0. The number of hydrogen-bond acceptors (Lipinski definition) is 3. The molecule has 0 radical (unpaired) electrons. The summed E-state index contributed by atoms with van der Waals surface area (Å²) in [5.74, 6) is 0. The number of para-hydroxylation sites is 1. The molecule has 1 amide bonds. The number of benzene rings is 2. The van der Waals surface area contributed by atoms with E-state index in [0.29, 0.717) is 13.0 Å². The van der Waals surface area contributed by atoms with Crippen molar-refractivity contribution in [1.82, 2.24) is 9.88 Å². The van der Waals surface area contributed by atoms with Gasteiger partial charge in [0.05, 0.1) is 6.04 Å². The highest BCUT2D eigenvalue weighted by atomic mass is 16.6. The zero-order valence-electron chi connectivity index (χ0n) is 17.7. The molecule has 0 aliphatic rings. The molecule has 0 bridgehead atoms. The van der Waals surface area contributed by atoms with Gasteiger partial charge in [-0.3, -0.25) is 0 Å². The summed E-state index contributed by atoms with van der Waals surface area (Å²) in [5, 5.41) is 3.73. The van der Waals surface area contributed by atoms with Crippen LogP contribution in [0.3, 0.4) is 0 Å². The lowest BCUT2D eigenvalue weighted by Crippen LogP contribution is -2.41. The highest BCUT2D eigenvalue weighted by Gasteiger charge is 2.20. The summed E-state index contributed by atoms with van der Waals surface area (Å²) in [6, 6.07) is 17.6. The van der Waals surface area contributed by atoms with Crippen molar-refractivity contribution in [3.05, 3.63) is 78.0 Å². The lowest BCUT2D eigenvalue weighted by Gasteiger charge is -2.21. The van der Waals surface area contributed by atoms with Crippen molar-refractivity contribution < 1.29 is 14.3 Å². The van der Waals surface area contributed by atoms with E-state index in [9.17, 15) is 9.59 Å². The molecule has 1 aromatic heterocycles. The molecule has 0 saturated heterocycles. The van der Waals surface area contributed by atoms with Crippen LogP contribution in [0.15, 0.2) is 66.9 Å². The molecule has 1 atom stereocenters. The van der Waals surface area contributed by atoms with Gasteiger partial charge in [0.15, 0.2) is 0 Å². The molecule has 0 fully saturated rings. The maximum atomic E-state index is 12.1. The number of amides is 1. The number of nitrogens with one attached hydrogen (secondary N) is 1. The Balaban J connectivity index is 1.76. The van der Waals surface area contributed by atoms with Crippen molar-refractivity contribution in [2.45, 2.75) is 45.4 Å². The van der Waals surface area contributed by atoms with Gasteiger partial charge in [0.2, 0.25) is 0 Å². The number of aromatic nitrogens is 1. The Labute approximate surface area is 177 Å². The minimum atomic E-state index is -0.654. The molecule has 1 heterocycles. The van der Waals surface area contributed by atoms with Gasteiger partial charge in [-0.25, -0.2) is 4.79 Å². The van der Waals surface area contributed by atoms with Crippen molar-refractivity contribution in [2.75, 3.05) is 0 Å².